The van der Waals surface area contributed by atoms with Crippen molar-refractivity contribution in [1.29, 1.82) is 0 Å². The Labute approximate surface area is 121 Å². The number of rotatable bonds is 3. The van der Waals surface area contributed by atoms with Crippen molar-refractivity contribution in [3.63, 3.8) is 0 Å². The molecule has 0 aliphatic carbocycles. The van der Waals surface area contributed by atoms with Crippen LogP contribution >= 0.6 is 0 Å². The highest BCUT2D eigenvalue weighted by molar-refractivity contribution is 5.97. The molecule has 0 saturated heterocycles. The van der Waals surface area contributed by atoms with Gasteiger partial charge in [0.2, 0.25) is 0 Å². The van der Waals surface area contributed by atoms with E-state index in [4.69, 9.17) is 15.0 Å². The molecule has 110 valence electrons. The van der Waals surface area contributed by atoms with Crippen molar-refractivity contribution >= 4 is 23.0 Å². The smallest absolute Gasteiger partial charge is 0.262 e. The zero-order chi connectivity index (χ0) is 15.0. The van der Waals surface area contributed by atoms with Gasteiger partial charge in [-0.05, 0) is 19.9 Å². The molecule has 0 fully saturated rings. The predicted molar refractivity (Wildman–Crippen MR) is 78.3 cm³/mol. The van der Waals surface area contributed by atoms with E-state index in [0.29, 0.717) is 23.7 Å². The lowest BCUT2D eigenvalue weighted by atomic mass is 10.1. The van der Waals surface area contributed by atoms with Crippen molar-refractivity contribution in [2.75, 3.05) is 23.0 Å². The van der Waals surface area contributed by atoms with E-state index in [0.717, 1.165) is 22.7 Å². The highest BCUT2D eigenvalue weighted by atomic mass is 16.5. The number of amides is 1. The summed E-state index contributed by atoms with van der Waals surface area (Å²) in [5.74, 6) is 1.17. The number of carbonyl (C=O) groups is 1. The second-order valence-electron chi connectivity index (χ2n) is 4.93. The summed E-state index contributed by atoms with van der Waals surface area (Å²) in [5.41, 5.74) is 9.72. The van der Waals surface area contributed by atoms with E-state index < -0.39 is 0 Å². The number of carbonyl (C=O) groups excluding carboxylic acids is 1. The zero-order valence-electron chi connectivity index (χ0n) is 11.8. The molecule has 21 heavy (non-hydrogen) atoms. The molecule has 7 nitrogen and oxygen atoms in total. The Morgan fingerprint density at radius 3 is 2.95 bits per heavy atom. The summed E-state index contributed by atoms with van der Waals surface area (Å²) in [6.45, 7) is 4.30. The zero-order valence-corrected chi connectivity index (χ0v) is 11.8. The highest BCUT2D eigenvalue weighted by Crippen LogP contribution is 2.35. The molecule has 1 aliphatic heterocycles. The fourth-order valence-corrected chi connectivity index (χ4v) is 2.23. The molecule has 1 amide bonds. The number of aromatic nitrogens is 1. The molecule has 1 aromatic carbocycles. The maximum absolute atomic E-state index is 11.3. The molecule has 0 radical (unpaired) electrons. The van der Waals surface area contributed by atoms with Crippen LogP contribution in [0.4, 0.5) is 17.1 Å². The summed E-state index contributed by atoms with van der Waals surface area (Å²) >= 11 is 0. The number of aryl methyl sites for hydroxylation is 2. The van der Waals surface area contributed by atoms with Crippen LogP contribution in [0.25, 0.3) is 0 Å². The molecule has 7 heteroatoms. The second kappa shape index (κ2) is 5.01. The number of nitrogens with zero attached hydrogens (tertiary/aromatic N) is 1. The molecular formula is C14H16N4O3. The molecule has 1 aromatic heterocycles. The van der Waals surface area contributed by atoms with Crippen molar-refractivity contribution in [3.8, 4) is 5.75 Å². The number of nitrogen functional groups attached to an aromatic ring is 1. The molecule has 2 aromatic rings. The van der Waals surface area contributed by atoms with E-state index >= 15 is 0 Å². The van der Waals surface area contributed by atoms with Gasteiger partial charge in [0, 0.05) is 18.2 Å². The number of anilines is 3. The largest absolute Gasteiger partial charge is 0.482 e. The first-order valence-electron chi connectivity index (χ1n) is 6.56. The first-order valence-corrected chi connectivity index (χ1v) is 6.56. The van der Waals surface area contributed by atoms with E-state index in [2.05, 4.69) is 15.8 Å². The van der Waals surface area contributed by atoms with Crippen LogP contribution in [0.5, 0.6) is 5.75 Å². The molecule has 0 atom stereocenters. The minimum Gasteiger partial charge on any atom is -0.482 e. The molecular weight excluding hydrogens is 272 g/mol. The molecule has 2 heterocycles. The first-order chi connectivity index (χ1) is 10.0. The third-order valence-corrected chi connectivity index (χ3v) is 3.42. The minimum atomic E-state index is -0.177. The predicted octanol–water partition coefficient (Wildman–Crippen LogP) is 1.82. The number of fused-ring (bicyclic) bond motifs is 1. The minimum absolute atomic E-state index is 0.0122. The van der Waals surface area contributed by atoms with Crippen LogP contribution < -0.4 is 21.1 Å². The lowest BCUT2D eigenvalue weighted by molar-refractivity contribution is -0.118. The molecule has 0 unspecified atom stereocenters. The summed E-state index contributed by atoms with van der Waals surface area (Å²) in [6, 6.07) is 3.46. The monoisotopic (exact) mass is 288 g/mol. The van der Waals surface area contributed by atoms with Gasteiger partial charge in [0.05, 0.1) is 22.8 Å². The third-order valence-electron chi connectivity index (χ3n) is 3.42. The summed E-state index contributed by atoms with van der Waals surface area (Å²) in [7, 11) is 0. The first kappa shape index (κ1) is 13.3. The number of nitrogens with two attached hydrogens (primary N) is 1. The van der Waals surface area contributed by atoms with Gasteiger partial charge in [0.25, 0.3) is 5.91 Å². The van der Waals surface area contributed by atoms with Crippen LogP contribution in [0.2, 0.25) is 0 Å². The Bertz CT molecular complexity index is 689. The van der Waals surface area contributed by atoms with E-state index in [1.807, 2.05) is 13.8 Å². The maximum atomic E-state index is 11.3. The van der Waals surface area contributed by atoms with Gasteiger partial charge < -0.3 is 25.6 Å². The lowest BCUT2D eigenvalue weighted by Crippen LogP contribution is -2.25. The van der Waals surface area contributed by atoms with E-state index in [1.165, 1.54) is 0 Å². The van der Waals surface area contributed by atoms with Gasteiger partial charge >= 0.3 is 0 Å². The highest BCUT2D eigenvalue weighted by Gasteiger charge is 2.18. The summed E-state index contributed by atoms with van der Waals surface area (Å²) in [5, 5.41) is 9.89. The van der Waals surface area contributed by atoms with Crippen LogP contribution in [-0.2, 0) is 11.3 Å². The van der Waals surface area contributed by atoms with Gasteiger partial charge in [-0.3, -0.25) is 4.79 Å². The fraction of sp³-hybridized carbons (Fsp3) is 0.286. The standard InChI is InChI=1S/C14H16N4O3/c1-7-9(8(2)21-18-7)5-16-11-4-12-13(3-10(11)15)20-6-14(19)17-12/h3-4,16H,5-6,15H2,1-2H3,(H,17,19). The topological polar surface area (TPSA) is 102 Å². The van der Waals surface area contributed by atoms with E-state index in [9.17, 15) is 4.79 Å². The molecule has 0 bridgehead atoms. The van der Waals surface area contributed by atoms with Gasteiger partial charge in [-0.2, -0.15) is 0 Å². The lowest BCUT2D eigenvalue weighted by Gasteiger charge is -2.20. The molecule has 3 rings (SSSR count). The van der Waals surface area contributed by atoms with Crippen molar-refractivity contribution in [3.05, 3.63) is 29.2 Å². The van der Waals surface area contributed by atoms with Gasteiger partial charge in [-0.1, -0.05) is 5.16 Å². The van der Waals surface area contributed by atoms with Crippen molar-refractivity contribution in [2.24, 2.45) is 0 Å². The SMILES string of the molecule is Cc1noc(C)c1CNc1cc2c(cc1N)OCC(=O)N2. The van der Waals surface area contributed by atoms with E-state index in [1.54, 1.807) is 12.1 Å². The Morgan fingerprint density at radius 2 is 2.24 bits per heavy atom. The Hall–Kier alpha value is -2.70. The normalized spacial score (nSPS) is 13.3. The molecule has 1 aliphatic rings. The molecule has 0 spiro atoms. The number of benzene rings is 1. The number of hydrogen-bond donors (Lipinski definition) is 3. The maximum Gasteiger partial charge on any atom is 0.262 e. The number of ether oxygens (including phenoxy) is 1. The van der Waals surface area contributed by atoms with Crippen molar-refractivity contribution < 1.29 is 14.1 Å². The average molecular weight is 288 g/mol. The Kier molecular flexibility index (Phi) is 3.17. The number of nitrogens with one attached hydrogen (secondary N) is 2. The van der Waals surface area contributed by atoms with Gasteiger partial charge in [0.15, 0.2) is 6.61 Å². The van der Waals surface area contributed by atoms with Crippen molar-refractivity contribution in [2.45, 2.75) is 20.4 Å². The van der Waals surface area contributed by atoms with Crippen LogP contribution in [0.15, 0.2) is 16.7 Å². The van der Waals surface area contributed by atoms with Crippen LogP contribution in [0.1, 0.15) is 17.0 Å². The van der Waals surface area contributed by atoms with Gasteiger partial charge in [0.1, 0.15) is 11.5 Å². The molecule has 0 saturated carbocycles. The van der Waals surface area contributed by atoms with Gasteiger partial charge in [-0.15, -0.1) is 0 Å². The van der Waals surface area contributed by atoms with Crippen molar-refractivity contribution in [1.82, 2.24) is 5.16 Å². The van der Waals surface area contributed by atoms with Crippen LogP contribution in [0, 0.1) is 13.8 Å². The quantitative estimate of drug-likeness (QED) is 0.744. The Morgan fingerprint density at radius 1 is 1.43 bits per heavy atom. The van der Waals surface area contributed by atoms with Gasteiger partial charge in [-0.25, -0.2) is 0 Å². The summed E-state index contributed by atoms with van der Waals surface area (Å²) in [4.78, 5) is 11.3. The third kappa shape index (κ3) is 2.49. The number of hydrogen-bond acceptors (Lipinski definition) is 6. The average Bonchev–Trinajstić information content (AvgIpc) is 2.76. The summed E-state index contributed by atoms with van der Waals surface area (Å²) in [6.07, 6.45) is 0. The fourth-order valence-electron chi connectivity index (χ4n) is 2.23. The molecule has 4 N–H and O–H groups in total. The second-order valence-corrected chi connectivity index (χ2v) is 4.93. The van der Waals surface area contributed by atoms with E-state index in [-0.39, 0.29) is 12.5 Å². The Balaban J connectivity index is 1.83. The summed E-state index contributed by atoms with van der Waals surface area (Å²) < 4.78 is 10.4. The van der Waals surface area contributed by atoms with Crippen LogP contribution in [0.3, 0.4) is 0 Å². The van der Waals surface area contributed by atoms with Crippen LogP contribution in [-0.4, -0.2) is 17.7 Å².